The first-order chi connectivity index (χ1) is 8.75. The van der Waals surface area contributed by atoms with E-state index in [0.29, 0.717) is 0 Å². The molecule has 1 heterocycles. The van der Waals surface area contributed by atoms with Crippen molar-refractivity contribution < 1.29 is 0 Å². The van der Waals surface area contributed by atoms with Crippen LogP contribution in [-0.4, -0.2) is 49.6 Å². The number of rotatable bonds is 3. The van der Waals surface area contributed by atoms with Crippen molar-refractivity contribution in [2.75, 3.05) is 33.7 Å². The monoisotopic (exact) mass is 252 g/mol. The Labute approximate surface area is 114 Å². The van der Waals surface area contributed by atoms with Gasteiger partial charge in [0.1, 0.15) is 0 Å². The minimum Gasteiger partial charge on any atom is -0.306 e. The van der Waals surface area contributed by atoms with Crippen molar-refractivity contribution in [3.8, 4) is 0 Å². The van der Waals surface area contributed by atoms with Crippen molar-refractivity contribution in [1.29, 1.82) is 0 Å². The quantitative estimate of drug-likeness (QED) is 0.760. The lowest BCUT2D eigenvalue weighted by molar-refractivity contribution is 0.129. The Morgan fingerprint density at radius 1 is 0.944 bits per heavy atom. The third kappa shape index (κ3) is 4.55. The van der Waals surface area contributed by atoms with Crippen molar-refractivity contribution in [3.63, 3.8) is 0 Å². The Hall–Kier alpha value is -0.0800. The fourth-order valence-corrected chi connectivity index (χ4v) is 3.85. The summed E-state index contributed by atoms with van der Waals surface area (Å²) < 4.78 is 0. The molecule has 1 unspecified atom stereocenters. The van der Waals surface area contributed by atoms with Gasteiger partial charge in [-0.25, -0.2) is 0 Å². The van der Waals surface area contributed by atoms with E-state index in [1.807, 2.05) is 0 Å². The number of hydrogen-bond donors (Lipinski definition) is 0. The van der Waals surface area contributed by atoms with Gasteiger partial charge in [0.2, 0.25) is 0 Å². The van der Waals surface area contributed by atoms with Gasteiger partial charge >= 0.3 is 0 Å². The molecule has 2 aliphatic rings. The summed E-state index contributed by atoms with van der Waals surface area (Å²) in [7, 11) is 4.66. The second-order valence-electron chi connectivity index (χ2n) is 6.71. The molecule has 1 aliphatic heterocycles. The molecule has 2 heteroatoms. The molecule has 2 nitrogen and oxygen atoms in total. The average Bonchev–Trinajstić information content (AvgIpc) is 2.28. The highest BCUT2D eigenvalue weighted by atomic mass is 15.2. The summed E-state index contributed by atoms with van der Waals surface area (Å²) in [4.78, 5) is 5.20. The number of hydrogen-bond acceptors (Lipinski definition) is 2. The van der Waals surface area contributed by atoms with Gasteiger partial charge in [0.15, 0.2) is 0 Å². The van der Waals surface area contributed by atoms with Crippen LogP contribution in [-0.2, 0) is 0 Å². The van der Waals surface area contributed by atoms with Crippen LogP contribution in [0.4, 0.5) is 0 Å². The van der Waals surface area contributed by atoms with E-state index in [1.54, 1.807) is 0 Å². The van der Waals surface area contributed by atoms with E-state index in [1.165, 1.54) is 77.4 Å². The van der Waals surface area contributed by atoms with Crippen molar-refractivity contribution >= 4 is 0 Å². The van der Waals surface area contributed by atoms with Crippen molar-refractivity contribution in [2.45, 2.75) is 63.8 Å². The first kappa shape index (κ1) is 14.3. The van der Waals surface area contributed by atoms with Crippen LogP contribution in [0.5, 0.6) is 0 Å². The highest BCUT2D eigenvalue weighted by molar-refractivity contribution is 4.77. The maximum absolute atomic E-state index is 2.69. The largest absolute Gasteiger partial charge is 0.306 e. The van der Waals surface area contributed by atoms with Gasteiger partial charge in [-0.1, -0.05) is 32.1 Å². The molecule has 0 N–H and O–H groups in total. The molecular weight excluding hydrogens is 220 g/mol. The fourth-order valence-electron chi connectivity index (χ4n) is 3.85. The minimum atomic E-state index is 0.873. The number of piperidine rings is 1. The van der Waals surface area contributed by atoms with Gasteiger partial charge in [0.25, 0.3) is 0 Å². The molecule has 2 fully saturated rings. The van der Waals surface area contributed by atoms with Crippen LogP contribution in [0.25, 0.3) is 0 Å². The van der Waals surface area contributed by atoms with Gasteiger partial charge in [-0.3, -0.25) is 0 Å². The van der Waals surface area contributed by atoms with Gasteiger partial charge < -0.3 is 9.80 Å². The number of likely N-dealkylation sites (tertiary alicyclic amines) is 1. The second-order valence-corrected chi connectivity index (χ2v) is 6.71. The molecule has 0 aromatic carbocycles. The molecule has 1 saturated carbocycles. The fraction of sp³-hybridized carbons (Fsp3) is 1.00. The highest BCUT2D eigenvalue weighted by Gasteiger charge is 2.22. The van der Waals surface area contributed by atoms with E-state index in [4.69, 9.17) is 0 Å². The van der Waals surface area contributed by atoms with Gasteiger partial charge in [-0.15, -0.1) is 0 Å². The molecular formula is C16H32N2. The summed E-state index contributed by atoms with van der Waals surface area (Å²) in [5.74, 6) is 0.916. The molecule has 0 bridgehead atoms. The lowest BCUT2D eigenvalue weighted by Gasteiger charge is -2.36. The van der Waals surface area contributed by atoms with E-state index in [9.17, 15) is 0 Å². The second kappa shape index (κ2) is 7.49. The van der Waals surface area contributed by atoms with Crippen LogP contribution in [0.1, 0.15) is 57.8 Å². The Balaban J connectivity index is 1.76. The Kier molecular flexibility index (Phi) is 5.97. The normalized spacial score (nSPS) is 29.2. The van der Waals surface area contributed by atoms with Gasteiger partial charge in [0.05, 0.1) is 0 Å². The molecule has 18 heavy (non-hydrogen) atoms. The smallest absolute Gasteiger partial charge is 0.00923 e. The topological polar surface area (TPSA) is 6.48 Å². The molecule has 0 aromatic heterocycles. The summed E-state index contributed by atoms with van der Waals surface area (Å²) in [5, 5.41) is 0. The molecule has 1 saturated heterocycles. The van der Waals surface area contributed by atoms with Crippen LogP contribution in [0.15, 0.2) is 0 Å². The summed E-state index contributed by atoms with van der Waals surface area (Å²) in [6.07, 6.45) is 13.1. The molecule has 1 atom stereocenters. The summed E-state index contributed by atoms with van der Waals surface area (Å²) in [6.45, 7) is 3.95. The highest BCUT2D eigenvalue weighted by Crippen LogP contribution is 2.23. The van der Waals surface area contributed by atoms with Crippen LogP contribution in [0.2, 0.25) is 0 Å². The zero-order valence-corrected chi connectivity index (χ0v) is 12.5. The van der Waals surface area contributed by atoms with Crippen LogP contribution >= 0.6 is 0 Å². The lowest BCUT2D eigenvalue weighted by atomic mass is 9.93. The first-order valence-electron chi connectivity index (χ1n) is 8.14. The van der Waals surface area contributed by atoms with Crippen LogP contribution in [0.3, 0.4) is 0 Å². The Morgan fingerprint density at radius 3 is 2.28 bits per heavy atom. The zero-order chi connectivity index (χ0) is 12.8. The Morgan fingerprint density at radius 2 is 1.61 bits per heavy atom. The molecule has 0 aromatic rings. The van der Waals surface area contributed by atoms with Crippen LogP contribution < -0.4 is 0 Å². The third-order valence-corrected chi connectivity index (χ3v) is 4.97. The van der Waals surface area contributed by atoms with E-state index in [2.05, 4.69) is 23.9 Å². The van der Waals surface area contributed by atoms with Gasteiger partial charge in [0, 0.05) is 19.1 Å². The number of nitrogens with zero attached hydrogens (tertiary/aromatic N) is 2. The molecule has 0 radical (unpaired) electrons. The third-order valence-electron chi connectivity index (χ3n) is 4.97. The summed E-state index contributed by atoms with van der Waals surface area (Å²) in [6, 6.07) is 0.873. The molecule has 0 spiro atoms. The molecule has 2 rings (SSSR count). The zero-order valence-electron chi connectivity index (χ0n) is 12.5. The maximum Gasteiger partial charge on any atom is 0.00923 e. The maximum atomic E-state index is 2.69. The Bertz CT molecular complexity index is 221. The molecule has 0 amide bonds. The van der Waals surface area contributed by atoms with Crippen LogP contribution in [0, 0.1) is 5.92 Å². The van der Waals surface area contributed by atoms with Crippen molar-refractivity contribution in [2.24, 2.45) is 5.92 Å². The van der Waals surface area contributed by atoms with Gasteiger partial charge in [-0.05, 0) is 52.2 Å². The summed E-state index contributed by atoms with van der Waals surface area (Å²) >= 11 is 0. The van der Waals surface area contributed by atoms with E-state index in [0.717, 1.165) is 12.0 Å². The standard InChI is InChI=1S/C16H32N2/c1-17-12-8-9-15(13-17)14-18(2)16-10-6-4-3-5-7-11-16/h15-16H,3-14H2,1-2H3. The van der Waals surface area contributed by atoms with E-state index in [-0.39, 0.29) is 0 Å². The van der Waals surface area contributed by atoms with E-state index >= 15 is 0 Å². The predicted molar refractivity (Wildman–Crippen MR) is 79.0 cm³/mol. The lowest BCUT2D eigenvalue weighted by Crippen LogP contribution is -2.41. The first-order valence-corrected chi connectivity index (χ1v) is 8.14. The van der Waals surface area contributed by atoms with E-state index < -0.39 is 0 Å². The average molecular weight is 252 g/mol. The predicted octanol–water partition coefficient (Wildman–Crippen LogP) is 3.37. The molecule has 1 aliphatic carbocycles. The SMILES string of the molecule is CN1CCCC(CN(C)C2CCCCCCC2)C1. The summed E-state index contributed by atoms with van der Waals surface area (Å²) in [5.41, 5.74) is 0. The van der Waals surface area contributed by atoms with Crippen molar-refractivity contribution in [1.82, 2.24) is 9.80 Å². The molecule has 106 valence electrons. The van der Waals surface area contributed by atoms with Gasteiger partial charge in [-0.2, -0.15) is 0 Å². The minimum absolute atomic E-state index is 0.873. The van der Waals surface area contributed by atoms with Crippen molar-refractivity contribution in [3.05, 3.63) is 0 Å².